The van der Waals surface area contributed by atoms with Crippen molar-refractivity contribution >= 4 is 22.8 Å². The third-order valence-electron chi connectivity index (χ3n) is 3.82. The fourth-order valence-corrected chi connectivity index (χ4v) is 2.61. The first-order valence-corrected chi connectivity index (χ1v) is 7.41. The second-order valence-electron chi connectivity index (χ2n) is 5.34. The molecule has 0 saturated heterocycles. The fourth-order valence-electron chi connectivity index (χ4n) is 2.61. The summed E-state index contributed by atoms with van der Waals surface area (Å²) < 4.78 is 32.1. The number of amides is 1. The molecule has 25 heavy (non-hydrogen) atoms. The van der Waals surface area contributed by atoms with Gasteiger partial charge in [0, 0.05) is 28.2 Å². The number of hydrogen-bond donors (Lipinski definition) is 2. The van der Waals surface area contributed by atoms with Crippen molar-refractivity contribution in [2.24, 2.45) is 0 Å². The summed E-state index contributed by atoms with van der Waals surface area (Å²) >= 11 is 0. The smallest absolute Gasteiger partial charge is 0.333 e. The predicted molar refractivity (Wildman–Crippen MR) is 86.9 cm³/mol. The molecule has 0 aliphatic heterocycles. The average Bonchev–Trinajstić information content (AvgIpc) is 3.09. The third-order valence-corrected chi connectivity index (χ3v) is 3.82. The lowest BCUT2D eigenvalue weighted by Crippen LogP contribution is -2.35. The molecule has 3 aromatic rings. The van der Waals surface area contributed by atoms with Crippen molar-refractivity contribution in [1.29, 1.82) is 0 Å². The van der Waals surface area contributed by atoms with Crippen LogP contribution in [0.4, 0.5) is 8.78 Å². The van der Waals surface area contributed by atoms with E-state index in [9.17, 15) is 18.4 Å². The molecule has 0 fully saturated rings. The topological polar surface area (TPSA) is 71.2 Å². The molecule has 128 valence electrons. The van der Waals surface area contributed by atoms with Crippen LogP contribution in [0.15, 0.2) is 48.7 Å². The molecule has 2 N–H and O–H groups in total. The summed E-state index contributed by atoms with van der Waals surface area (Å²) in [5.41, 5.74) is 0.727. The van der Waals surface area contributed by atoms with Gasteiger partial charge in [0.1, 0.15) is 11.6 Å². The van der Waals surface area contributed by atoms with Gasteiger partial charge in [-0.1, -0.05) is 6.07 Å². The standard InChI is InChI=1S/C18H14F2N2O3/c1-25-18(24)16(13-9-10(19)5-6-14(13)20)22-17(23)12-3-2-4-15-11(12)7-8-21-15/h2-9,16,21H,1H3,(H,22,23). The van der Waals surface area contributed by atoms with E-state index in [1.807, 2.05) is 0 Å². The predicted octanol–water partition coefficient (Wildman–Crippen LogP) is 3.09. The van der Waals surface area contributed by atoms with Crippen LogP contribution >= 0.6 is 0 Å². The Morgan fingerprint density at radius 1 is 1.16 bits per heavy atom. The lowest BCUT2D eigenvalue weighted by molar-refractivity contribution is -0.143. The van der Waals surface area contributed by atoms with Gasteiger partial charge in [-0.05, 0) is 36.4 Å². The fraction of sp³-hybridized carbons (Fsp3) is 0.111. The van der Waals surface area contributed by atoms with E-state index in [0.29, 0.717) is 10.9 Å². The maximum atomic E-state index is 14.0. The molecule has 0 bridgehead atoms. The molecule has 1 unspecified atom stereocenters. The van der Waals surface area contributed by atoms with Crippen molar-refractivity contribution in [1.82, 2.24) is 10.3 Å². The van der Waals surface area contributed by atoms with Crippen molar-refractivity contribution in [3.63, 3.8) is 0 Å². The zero-order valence-corrected chi connectivity index (χ0v) is 13.2. The summed E-state index contributed by atoms with van der Waals surface area (Å²) in [6.45, 7) is 0. The summed E-state index contributed by atoms with van der Waals surface area (Å²) in [5, 5.41) is 3.06. The van der Waals surface area contributed by atoms with Gasteiger partial charge in [0.25, 0.3) is 5.91 Å². The lowest BCUT2D eigenvalue weighted by atomic mass is 10.0. The number of nitrogens with one attached hydrogen (secondary N) is 2. The van der Waals surface area contributed by atoms with Crippen molar-refractivity contribution in [3.05, 3.63) is 71.4 Å². The average molecular weight is 344 g/mol. The Morgan fingerprint density at radius 2 is 1.96 bits per heavy atom. The summed E-state index contributed by atoms with van der Waals surface area (Å²) in [4.78, 5) is 27.6. The quantitative estimate of drug-likeness (QED) is 0.715. The summed E-state index contributed by atoms with van der Waals surface area (Å²) in [5.74, 6) is -3.06. The Balaban J connectivity index is 1.98. The number of ether oxygens (including phenoxy) is 1. The van der Waals surface area contributed by atoms with E-state index < -0.39 is 29.6 Å². The van der Waals surface area contributed by atoms with Crippen LogP contribution < -0.4 is 5.32 Å². The molecule has 7 heteroatoms. The molecule has 2 aromatic carbocycles. The van der Waals surface area contributed by atoms with E-state index in [-0.39, 0.29) is 5.56 Å². The maximum Gasteiger partial charge on any atom is 0.333 e. The van der Waals surface area contributed by atoms with E-state index in [2.05, 4.69) is 15.0 Å². The molecule has 1 heterocycles. The van der Waals surface area contributed by atoms with Crippen LogP contribution in [0.1, 0.15) is 22.0 Å². The zero-order valence-electron chi connectivity index (χ0n) is 13.2. The van der Waals surface area contributed by atoms with Crippen LogP contribution in [0.25, 0.3) is 10.9 Å². The number of carbonyl (C=O) groups is 2. The molecule has 0 aliphatic rings. The normalized spacial score (nSPS) is 12.0. The largest absolute Gasteiger partial charge is 0.467 e. The van der Waals surface area contributed by atoms with E-state index >= 15 is 0 Å². The van der Waals surface area contributed by atoms with Gasteiger partial charge in [-0.3, -0.25) is 4.79 Å². The molecule has 3 rings (SSSR count). The van der Waals surface area contributed by atoms with Crippen LogP contribution in [0.2, 0.25) is 0 Å². The number of fused-ring (bicyclic) bond motifs is 1. The second kappa shape index (κ2) is 6.72. The van der Waals surface area contributed by atoms with Crippen LogP contribution in [0, 0.1) is 11.6 Å². The molecular weight excluding hydrogens is 330 g/mol. The van der Waals surface area contributed by atoms with Crippen molar-refractivity contribution in [2.45, 2.75) is 6.04 Å². The van der Waals surface area contributed by atoms with E-state index in [1.54, 1.807) is 30.5 Å². The number of methoxy groups -OCH3 is 1. The number of benzene rings is 2. The highest BCUT2D eigenvalue weighted by Crippen LogP contribution is 2.22. The zero-order chi connectivity index (χ0) is 18.0. The molecule has 0 saturated carbocycles. The Labute approximate surface area is 141 Å². The van der Waals surface area contributed by atoms with Crippen molar-refractivity contribution in [3.8, 4) is 0 Å². The molecule has 5 nitrogen and oxygen atoms in total. The maximum absolute atomic E-state index is 14.0. The van der Waals surface area contributed by atoms with Crippen LogP contribution in [-0.2, 0) is 9.53 Å². The molecule has 0 radical (unpaired) electrons. The number of rotatable bonds is 4. The van der Waals surface area contributed by atoms with Gasteiger partial charge < -0.3 is 15.0 Å². The molecule has 1 aromatic heterocycles. The van der Waals surface area contributed by atoms with E-state index in [1.165, 1.54) is 0 Å². The summed E-state index contributed by atoms with van der Waals surface area (Å²) in [6.07, 6.45) is 1.67. The molecule has 1 atom stereocenters. The number of esters is 1. The van der Waals surface area contributed by atoms with E-state index in [4.69, 9.17) is 0 Å². The number of aromatic amines is 1. The van der Waals surface area contributed by atoms with E-state index in [0.717, 1.165) is 30.8 Å². The van der Waals surface area contributed by atoms with Crippen molar-refractivity contribution < 1.29 is 23.1 Å². The van der Waals surface area contributed by atoms with Gasteiger partial charge in [0.15, 0.2) is 6.04 Å². The SMILES string of the molecule is COC(=O)C(NC(=O)c1cccc2[nH]ccc12)c1cc(F)ccc1F. The van der Waals surface area contributed by atoms with Gasteiger partial charge in [-0.15, -0.1) is 0 Å². The Bertz CT molecular complexity index is 952. The Hall–Kier alpha value is -3.22. The number of aromatic nitrogens is 1. The van der Waals surface area contributed by atoms with Gasteiger partial charge in [-0.2, -0.15) is 0 Å². The second-order valence-corrected chi connectivity index (χ2v) is 5.34. The Kier molecular flexibility index (Phi) is 4.47. The number of carbonyl (C=O) groups excluding carboxylic acids is 2. The minimum absolute atomic E-state index is 0.296. The van der Waals surface area contributed by atoms with Gasteiger partial charge in [0.2, 0.25) is 0 Å². The van der Waals surface area contributed by atoms with Gasteiger partial charge in [0.05, 0.1) is 7.11 Å². The highest BCUT2D eigenvalue weighted by atomic mass is 19.1. The summed E-state index contributed by atoms with van der Waals surface area (Å²) in [7, 11) is 1.10. The van der Waals surface area contributed by atoms with Crippen LogP contribution in [0.5, 0.6) is 0 Å². The molecular formula is C18H14F2N2O3. The van der Waals surface area contributed by atoms with Crippen LogP contribution in [0.3, 0.4) is 0 Å². The monoisotopic (exact) mass is 344 g/mol. The highest BCUT2D eigenvalue weighted by molar-refractivity contribution is 6.07. The van der Waals surface area contributed by atoms with Crippen LogP contribution in [-0.4, -0.2) is 24.0 Å². The van der Waals surface area contributed by atoms with Gasteiger partial charge >= 0.3 is 5.97 Å². The minimum Gasteiger partial charge on any atom is -0.467 e. The highest BCUT2D eigenvalue weighted by Gasteiger charge is 2.28. The number of halogens is 2. The first-order valence-electron chi connectivity index (χ1n) is 7.41. The number of hydrogen-bond acceptors (Lipinski definition) is 3. The lowest BCUT2D eigenvalue weighted by Gasteiger charge is -2.18. The first-order chi connectivity index (χ1) is 12.0. The molecule has 1 amide bonds. The Morgan fingerprint density at radius 3 is 2.72 bits per heavy atom. The van der Waals surface area contributed by atoms with Gasteiger partial charge in [-0.25, -0.2) is 13.6 Å². The molecule has 0 aliphatic carbocycles. The number of H-pyrrole nitrogens is 1. The summed E-state index contributed by atoms with van der Waals surface area (Å²) in [6, 6.07) is 7.94. The van der Waals surface area contributed by atoms with Crippen molar-refractivity contribution in [2.75, 3.05) is 7.11 Å². The molecule has 0 spiro atoms. The third kappa shape index (κ3) is 3.21. The minimum atomic E-state index is -1.47. The first kappa shape index (κ1) is 16.6.